The summed E-state index contributed by atoms with van der Waals surface area (Å²) in [6.07, 6.45) is 2.87. The van der Waals surface area contributed by atoms with E-state index >= 15 is 4.39 Å². The second-order valence-corrected chi connectivity index (χ2v) is 8.20. The molecule has 0 saturated heterocycles. The van der Waals surface area contributed by atoms with Gasteiger partial charge in [0, 0.05) is 54.6 Å². The van der Waals surface area contributed by atoms with Gasteiger partial charge in [0.05, 0.1) is 11.2 Å². The lowest BCUT2D eigenvalue weighted by atomic mass is 9.58. The molecule has 2 aliphatic rings. The van der Waals surface area contributed by atoms with Crippen LogP contribution < -0.4 is 11.1 Å². The molecule has 2 heterocycles. The van der Waals surface area contributed by atoms with Gasteiger partial charge < -0.3 is 21.1 Å². The minimum atomic E-state index is -0.683. The molecule has 0 unspecified atom stereocenters. The molecule has 1 aromatic carbocycles. The molecular formula is C20H23FN4O2. The van der Waals surface area contributed by atoms with Crippen molar-refractivity contribution in [2.24, 2.45) is 0 Å². The van der Waals surface area contributed by atoms with E-state index in [1.165, 1.54) is 4.90 Å². The number of hydrogen-bond donors (Lipinski definition) is 3. The molecule has 7 heteroatoms. The van der Waals surface area contributed by atoms with Gasteiger partial charge in [-0.3, -0.25) is 4.79 Å². The summed E-state index contributed by atoms with van der Waals surface area (Å²) in [5, 5.41) is 13.5. The topological polar surface area (TPSA) is 91.5 Å². The van der Waals surface area contributed by atoms with Crippen LogP contribution in [0.4, 0.5) is 15.9 Å². The molecule has 1 aliphatic heterocycles. The first kappa shape index (κ1) is 17.7. The van der Waals surface area contributed by atoms with E-state index in [-0.39, 0.29) is 22.2 Å². The Labute approximate surface area is 157 Å². The molecule has 2 aromatic rings. The molecule has 0 atom stereocenters. The Morgan fingerprint density at radius 1 is 1.37 bits per heavy atom. The number of aromatic nitrogens is 1. The number of rotatable bonds is 2. The number of nitrogens with zero attached hydrogens (tertiary/aromatic N) is 2. The van der Waals surface area contributed by atoms with Crippen LogP contribution in [0.1, 0.15) is 35.7 Å². The Kier molecular flexibility index (Phi) is 3.72. The fourth-order valence-electron chi connectivity index (χ4n) is 4.48. The molecule has 1 aromatic heterocycles. The average molecular weight is 370 g/mol. The molecule has 1 spiro atoms. The molecule has 1 aliphatic carbocycles. The van der Waals surface area contributed by atoms with Crippen molar-refractivity contribution in [3.05, 3.63) is 41.3 Å². The molecule has 0 bridgehead atoms. The summed E-state index contributed by atoms with van der Waals surface area (Å²) in [6, 6.07) is 5.03. The molecule has 0 radical (unpaired) electrons. The van der Waals surface area contributed by atoms with Crippen molar-refractivity contribution in [3.8, 4) is 11.1 Å². The van der Waals surface area contributed by atoms with Crippen LogP contribution in [0.25, 0.3) is 11.1 Å². The lowest BCUT2D eigenvalue weighted by Gasteiger charge is -2.49. The van der Waals surface area contributed by atoms with Gasteiger partial charge in [0.2, 0.25) is 0 Å². The van der Waals surface area contributed by atoms with E-state index in [1.54, 1.807) is 32.4 Å². The first-order valence-corrected chi connectivity index (χ1v) is 8.90. The van der Waals surface area contributed by atoms with Crippen LogP contribution >= 0.6 is 0 Å². The molecule has 1 amide bonds. The maximum atomic E-state index is 15.2. The Morgan fingerprint density at radius 3 is 2.70 bits per heavy atom. The predicted octanol–water partition coefficient (Wildman–Crippen LogP) is 2.38. The number of hydrogen-bond acceptors (Lipinski definition) is 5. The minimum absolute atomic E-state index is 0.109. The number of nitrogens with two attached hydrogens (primary N) is 1. The SMILES string of the molecule is CN(C)C(=O)c1c(N)ccc(-c2cnc3c(c2)C2(CN3)CC(C)(O)C2)c1F. The number of benzene rings is 1. The highest BCUT2D eigenvalue weighted by atomic mass is 19.1. The Hall–Kier alpha value is -2.67. The van der Waals surface area contributed by atoms with Crippen LogP contribution in [0, 0.1) is 5.82 Å². The number of aliphatic hydroxyl groups is 1. The summed E-state index contributed by atoms with van der Waals surface area (Å²) >= 11 is 0. The van der Waals surface area contributed by atoms with Gasteiger partial charge in [-0.2, -0.15) is 0 Å². The highest BCUT2D eigenvalue weighted by molar-refractivity contribution is 6.00. The molecule has 4 rings (SSSR count). The van der Waals surface area contributed by atoms with Gasteiger partial charge in [-0.05, 0) is 38.0 Å². The number of fused-ring (bicyclic) bond motifs is 2. The van der Waals surface area contributed by atoms with Crippen molar-refractivity contribution in [2.45, 2.75) is 30.8 Å². The molecule has 1 saturated carbocycles. The zero-order chi connectivity index (χ0) is 19.6. The van der Waals surface area contributed by atoms with E-state index in [0.29, 0.717) is 24.9 Å². The van der Waals surface area contributed by atoms with Gasteiger partial charge in [-0.1, -0.05) is 0 Å². The second kappa shape index (κ2) is 5.66. The molecule has 4 N–H and O–H groups in total. The Balaban J connectivity index is 1.79. The Bertz CT molecular complexity index is 947. The van der Waals surface area contributed by atoms with E-state index in [2.05, 4.69) is 10.3 Å². The molecular weight excluding hydrogens is 347 g/mol. The first-order chi connectivity index (χ1) is 12.6. The first-order valence-electron chi connectivity index (χ1n) is 8.90. The smallest absolute Gasteiger partial charge is 0.258 e. The number of anilines is 2. The number of pyridine rings is 1. The summed E-state index contributed by atoms with van der Waals surface area (Å²) in [4.78, 5) is 18.1. The fraction of sp³-hybridized carbons (Fsp3) is 0.400. The van der Waals surface area contributed by atoms with Crippen molar-refractivity contribution in [2.75, 3.05) is 31.7 Å². The number of nitrogen functional groups attached to an aromatic ring is 1. The zero-order valence-corrected chi connectivity index (χ0v) is 15.6. The van der Waals surface area contributed by atoms with Gasteiger partial charge in [0.1, 0.15) is 11.6 Å². The summed E-state index contributed by atoms with van der Waals surface area (Å²) in [5.74, 6) is -0.347. The summed E-state index contributed by atoms with van der Waals surface area (Å²) in [5.41, 5.74) is 6.86. The van der Waals surface area contributed by atoms with Crippen LogP contribution in [0.5, 0.6) is 0 Å². The van der Waals surface area contributed by atoms with Crippen molar-refractivity contribution in [3.63, 3.8) is 0 Å². The molecule has 1 fully saturated rings. The van der Waals surface area contributed by atoms with Gasteiger partial charge in [-0.15, -0.1) is 0 Å². The van der Waals surface area contributed by atoms with Crippen molar-refractivity contribution >= 4 is 17.4 Å². The van der Waals surface area contributed by atoms with Gasteiger partial charge in [-0.25, -0.2) is 9.37 Å². The number of amides is 1. The van der Waals surface area contributed by atoms with Crippen molar-refractivity contribution < 1.29 is 14.3 Å². The number of carbonyl (C=O) groups is 1. The maximum absolute atomic E-state index is 15.2. The van der Waals surface area contributed by atoms with Gasteiger partial charge >= 0.3 is 0 Å². The predicted molar refractivity (Wildman–Crippen MR) is 102 cm³/mol. The Morgan fingerprint density at radius 2 is 2.07 bits per heavy atom. The molecule has 142 valence electrons. The van der Waals surface area contributed by atoms with E-state index in [1.807, 2.05) is 13.0 Å². The fourth-order valence-corrected chi connectivity index (χ4v) is 4.48. The lowest BCUT2D eigenvalue weighted by Crippen LogP contribution is -2.53. The third-order valence-electron chi connectivity index (χ3n) is 5.60. The van der Waals surface area contributed by atoms with Crippen LogP contribution in [0.3, 0.4) is 0 Å². The zero-order valence-electron chi connectivity index (χ0n) is 15.6. The van der Waals surface area contributed by atoms with Crippen LogP contribution in [0.2, 0.25) is 0 Å². The normalized spacial score (nSPS) is 25.7. The maximum Gasteiger partial charge on any atom is 0.258 e. The van der Waals surface area contributed by atoms with Gasteiger partial charge in [0.25, 0.3) is 5.91 Å². The van der Waals surface area contributed by atoms with Gasteiger partial charge in [0.15, 0.2) is 0 Å². The lowest BCUT2D eigenvalue weighted by molar-refractivity contribution is -0.0686. The summed E-state index contributed by atoms with van der Waals surface area (Å²) in [6.45, 7) is 2.54. The second-order valence-electron chi connectivity index (χ2n) is 8.20. The van der Waals surface area contributed by atoms with E-state index in [0.717, 1.165) is 11.4 Å². The average Bonchev–Trinajstić information content (AvgIpc) is 2.92. The third-order valence-corrected chi connectivity index (χ3v) is 5.60. The largest absolute Gasteiger partial charge is 0.398 e. The highest BCUT2D eigenvalue weighted by Crippen LogP contribution is 2.55. The van der Waals surface area contributed by atoms with Crippen molar-refractivity contribution in [1.82, 2.24) is 9.88 Å². The van der Waals surface area contributed by atoms with Crippen LogP contribution in [0.15, 0.2) is 24.4 Å². The monoisotopic (exact) mass is 370 g/mol. The number of nitrogens with one attached hydrogen (secondary N) is 1. The van der Waals surface area contributed by atoms with E-state index in [4.69, 9.17) is 5.73 Å². The minimum Gasteiger partial charge on any atom is -0.398 e. The molecule has 27 heavy (non-hydrogen) atoms. The molecule has 6 nitrogen and oxygen atoms in total. The standard InChI is InChI=1S/C20H23FN4O2/c1-19(27)8-20(9-19)10-24-17-13(20)6-11(7-23-17)12-4-5-14(22)15(16(12)21)18(26)25(2)3/h4-7,27H,8-10,22H2,1-3H3,(H,23,24). The van der Waals surface area contributed by atoms with Crippen LogP contribution in [-0.4, -0.2) is 47.1 Å². The van der Waals surface area contributed by atoms with E-state index < -0.39 is 17.3 Å². The summed E-state index contributed by atoms with van der Waals surface area (Å²) < 4.78 is 15.2. The third kappa shape index (κ3) is 2.65. The highest BCUT2D eigenvalue weighted by Gasteiger charge is 2.55. The summed E-state index contributed by atoms with van der Waals surface area (Å²) in [7, 11) is 3.12. The van der Waals surface area contributed by atoms with Crippen LogP contribution in [-0.2, 0) is 5.41 Å². The quantitative estimate of drug-likeness (QED) is 0.706. The number of halogens is 1. The van der Waals surface area contributed by atoms with E-state index in [9.17, 15) is 9.90 Å². The number of carbonyl (C=O) groups excluding carboxylic acids is 1. The van der Waals surface area contributed by atoms with Crippen molar-refractivity contribution in [1.29, 1.82) is 0 Å².